The predicted octanol–water partition coefficient (Wildman–Crippen LogP) is 5.51. The summed E-state index contributed by atoms with van der Waals surface area (Å²) >= 11 is 0. The average molecular weight is 467 g/mol. The van der Waals surface area contributed by atoms with E-state index in [4.69, 9.17) is 5.73 Å². The molecule has 8 heteroatoms. The van der Waals surface area contributed by atoms with E-state index in [1.165, 1.54) is 6.07 Å². The number of nitrogens with zero attached hydrogens (tertiary/aromatic N) is 1. The molecule has 0 radical (unpaired) electrons. The number of nitrogen functional groups attached to an aromatic ring is 1. The number of hydrogen-bond acceptors (Lipinski definition) is 3. The first-order valence-corrected chi connectivity index (χ1v) is 11.1. The number of allylic oxidation sites excluding steroid dienone is 5. The summed E-state index contributed by atoms with van der Waals surface area (Å²) < 4.78 is 27.4. The van der Waals surface area contributed by atoms with Gasteiger partial charge in [0.05, 0.1) is 0 Å². The topological polar surface area (TPSA) is 87.5 Å². The average Bonchev–Trinajstić information content (AvgIpc) is 3.10. The number of halogens is 2. The lowest BCUT2D eigenvalue weighted by Crippen LogP contribution is -2.31. The number of hydrogen-bond donors (Lipinski definition) is 3. The van der Waals surface area contributed by atoms with E-state index in [1.54, 1.807) is 23.1 Å². The van der Waals surface area contributed by atoms with Gasteiger partial charge in [0, 0.05) is 36.5 Å². The molecule has 2 aromatic rings. The Balaban J connectivity index is 1.68. The number of benzene rings is 2. The van der Waals surface area contributed by atoms with Crippen LogP contribution in [-0.4, -0.2) is 23.4 Å². The van der Waals surface area contributed by atoms with Gasteiger partial charge < -0.3 is 21.3 Å². The SMILES string of the molecule is CCCCN(C(=O)c1ccc(CNC(=O)Nc2c(F)cccc2F)c(N)c1)C1=CC=CC=CC1. The van der Waals surface area contributed by atoms with Crippen molar-refractivity contribution in [3.8, 4) is 0 Å². The minimum absolute atomic E-state index is 0.0164. The van der Waals surface area contributed by atoms with Gasteiger partial charge in [0.1, 0.15) is 17.3 Å². The van der Waals surface area contributed by atoms with Crippen LogP contribution in [0.2, 0.25) is 0 Å². The highest BCUT2D eigenvalue weighted by Gasteiger charge is 2.20. The first-order chi connectivity index (χ1) is 16.4. The van der Waals surface area contributed by atoms with Crippen LogP contribution in [0.15, 0.2) is 72.5 Å². The Morgan fingerprint density at radius 3 is 2.56 bits per heavy atom. The number of amides is 3. The second kappa shape index (κ2) is 11.8. The fourth-order valence-electron chi connectivity index (χ4n) is 3.45. The summed E-state index contributed by atoms with van der Waals surface area (Å²) in [5.41, 5.74) is 7.86. The number of unbranched alkanes of at least 4 members (excludes halogenated alkanes) is 1. The minimum atomic E-state index is -0.875. The van der Waals surface area contributed by atoms with Gasteiger partial charge in [-0.1, -0.05) is 49.8 Å². The molecule has 0 aliphatic heterocycles. The van der Waals surface area contributed by atoms with E-state index >= 15 is 0 Å². The Bertz CT molecular complexity index is 1120. The molecule has 0 fully saturated rings. The van der Waals surface area contributed by atoms with Crippen LogP contribution in [-0.2, 0) is 6.54 Å². The Hall–Kier alpha value is -3.94. The lowest BCUT2D eigenvalue weighted by atomic mass is 10.1. The first kappa shape index (κ1) is 24.7. The van der Waals surface area contributed by atoms with Crippen LogP contribution in [0.5, 0.6) is 0 Å². The standard InChI is InChI=1S/C26H28F2N4O2/c1-2-3-15-32(20-9-6-4-5-7-10-20)25(33)18-13-14-19(23(29)16-18)17-30-26(34)31-24-21(27)11-8-12-22(24)28/h4-9,11-14,16H,2-3,10,15,17,29H2,1H3,(H2,30,31,34). The Labute approximate surface area is 197 Å². The summed E-state index contributed by atoms with van der Waals surface area (Å²) in [5, 5.41) is 4.67. The molecule has 1 aliphatic carbocycles. The lowest BCUT2D eigenvalue weighted by Gasteiger charge is -2.25. The van der Waals surface area contributed by atoms with Crippen molar-refractivity contribution in [1.82, 2.24) is 10.2 Å². The van der Waals surface area contributed by atoms with Gasteiger partial charge in [0.2, 0.25) is 0 Å². The van der Waals surface area contributed by atoms with Gasteiger partial charge in [0.25, 0.3) is 5.91 Å². The first-order valence-electron chi connectivity index (χ1n) is 11.1. The largest absolute Gasteiger partial charge is 0.398 e. The van der Waals surface area contributed by atoms with Crippen LogP contribution in [0.1, 0.15) is 42.1 Å². The smallest absolute Gasteiger partial charge is 0.319 e. The van der Waals surface area contributed by atoms with E-state index in [2.05, 4.69) is 17.6 Å². The molecule has 0 saturated heterocycles. The third kappa shape index (κ3) is 6.31. The molecule has 0 unspecified atom stereocenters. The van der Waals surface area contributed by atoms with Crippen molar-refractivity contribution in [2.24, 2.45) is 0 Å². The monoisotopic (exact) mass is 466 g/mol. The molecule has 3 rings (SSSR count). The number of rotatable bonds is 8. The fourth-order valence-corrected chi connectivity index (χ4v) is 3.45. The van der Waals surface area contributed by atoms with Crippen molar-refractivity contribution >= 4 is 23.3 Å². The highest BCUT2D eigenvalue weighted by molar-refractivity contribution is 5.96. The number of nitrogens with one attached hydrogen (secondary N) is 2. The number of para-hydroxylation sites is 1. The molecular weight excluding hydrogens is 438 g/mol. The van der Waals surface area contributed by atoms with Crippen LogP contribution in [0.3, 0.4) is 0 Å². The number of carbonyl (C=O) groups excluding carboxylic acids is 2. The molecule has 1 aliphatic rings. The van der Waals surface area contributed by atoms with E-state index in [-0.39, 0.29) is 12.5 Å². The van der Waals surface area contributed by atoms with Gasteiger partial charge in [0.15, 0.2) is 0 Å². The van der Waals surface area contributed by atoms with E-state index in [0.29, 0.717) is 29.8 Å². The second-order valence-corrected chi connectivity index (χ2v) is 7.80. The van der Waals surface area contributed by atoms with Crippen molar-refractivity contribution < 1.29 is 18.4 Å². The molecule has 0 bridgehead atoms. The van der Waals surface area contributed by atoms with Gasteiger partial charge in [-0.25, -0.2) is 13.6 Å². The maximum absolute atomic E-state index is 13.7. The highest BCUT2D eigenvalue weighted by Crippen LogP contribution is 2.22. The summed E-state index contributed by atoms with van der Waals surface area (Å²) in [7, 11) is 0. The third-order valence-corrected chi connectivity index (χ3v) is 5.33. The molecule has 0 heterocycles. The maximum atomic E-state index is 13.7. The molecule has 2 aromatic carbocycles. The van der Waals surface area contributed by atoms with E-state index < -0.39 is 23.4 Å². The fraction of sp³-hybridized carbons (Fsp3) is 0.231. The number of urea groups is 1. The molecular formula is C26H28F2N4O2. The summed E-state index contributed by atoms with van der Waals surface area (Å²) in [6.07, 6.45) is 12.2. The third-order valence-electron chi connectivity index (χ3n) is 5.33. The van der Waals surface area contributed by atoms with Crippen molar-refractivity contribution in [3.05, 3.63) is 95.2 Å². The minimum Gasteiger partial charge on any atom is -0.398 e. The molecule has 0 saturated carbocycles. The van der Waals surface area contributed by atoms with Crippen molar-refractivity contribution in [3.63, 3.8) is 0 Å². The van der Waals surface area contributed by atoms with Gasteiger partial charge in [-0.05, 0) is 42.3 Å². The van der Waals surface area contributed by atoms with E-state index in [9.17, 15) is 18.4 Å². The van der Waals surface area contributed by atoms with Gasteiger partial charge in [-0.3, -0.25) is 4.79 Å². The van der Waals surface area contributed by atoms with Crippen molar-refractivity contribution in [2.45, 2.75) is 32.7 Å². The molecule has 4 N–H and O–H groups in total. The number of carbonyl (C=O) groups is 2. The van der Waals surface area contributed by atoms with Gasteiger partial charge >= 0.3 is 6.03 Å². The molecule has 34 heavy (non-hydrogen) atoms. The van der Waals surface area contributed by atoms with Crippen molar-refractivity contribution in [1.29, 1.82) is 0 Å². The molecule has 3 amide bonds. The van der Waals surface area contributed by atoms with Crippen LogP contribution >= 0.6 is 0 Å². The summed E-state index contributed by atoms with van der Waals surface area (Å²) in [5.74, 6) is -1.90. The van der Waals surface area contributed by atoms with Crippen LogP contribution in [0, 0.1) is 11.6 Å². The van der Waals surface area contributed by atoms with E-state index in [0.717, 1.165) is 30.7 Å². The number of anilines is 2. The molecule has 0 spiro atoms. The highest BCUT2D eigenvalue weighted by atomic mass is 19.1. The van der Waals surface area contributed by atoms with Gasteiger partial charge in [-0.15, -0.1) is 0 Å². The number of nitrogens with two attached hydrogens (primary N) is 1. The normalized spacial score (nSPS) is 12.6. The second-order valence-electron chi connectivity index (χ2n) is 7.80. The summed E-state index contributed by atoms with van der Waals surface area (Å²) in [4.78, 5) is 27.2. The van der Waals surface area contributed by atoms with Crippen LogP contribution < -0.4 is 16.4 Å². The van der Waals surface area contributed by atoms with Crippen molar-refractivity contribution in [2.75, 3.05) is 17.6 Å². The zero-order valence-corrected chi connectivity index (χ0v) is 19.0. The lowest BCUT2D eigenvalue weighted by molar-refractivity contribution is 0.0801. The van der Waals surface area contributed by atoms with E-state index in [1.807, 2.05) is 30.4 Å². The zero-order valence-electron chi connectivity index (χ0n) is 19.0. The Morgan fingerprint density at radius 2 is 1.85 bits per heavy atom. The quantitative estimate of drug-likeness (QED) is 0.448. The molecule has 0 atom stereocenters. The summed E-state index contributed by atoms with van der Waals surface area (Å²) in [6, 6.07) is 7.42. The predicted molar refractivity (Wildman–Crippen MR) is 130 cm³/mol. The molecule has 178 valence electrons. The van der Waals surface area contributed by atoms with Gasteiger partial charge in [-0.2, -0.15) is 0 Å². The van der Waals surface area contributed by atoms with Crippen LogP contribution in [0.4, 0.5) is 25.0 Å². The Morgan fingerprint density at radius 1 is 1.09 bits per heavy atom. The summed E-state index contributed by atoms with van der Waals surface area (Å²) in [6.45, 7) is 2.68. The van der Waals surface area contributed by atoms with Crippen LogP contribution in [0.25, 0.3) is 0 Å². The molecule has 6 nitrogen and oxygen atoms in total. The zero-order chi connectivity index (χ0) is 24.5. The maximum Gasteiger partial charge on any atom is 0.319 e. The Kier molecular flexibility index (Phi) is 8.56. The molecule has 0 aromatic heterocycles.